The van der Waals surface area contributed by atoms with Crippen molar-refractivity contribution in [2.24, 2.45) is 5.92 Å². The third-order valence-electron chi connectivity index (χ3n) is 5.04. The molecule has 3 heterocycles. The van der Waals surface area contributed by atoms with Gasteiger partial charge in [0.15, 0.2) is 11.7 Å². The number of ketones is 1. The molecule has 0 N–H and O–H groups in total. The molecule has 1 aliphatic rings. The first kappa shape index (κ1) is 16.8. The second kappa shape index (κ2) is 6.96. The normalized spacial score (nSPS) is 16.2. The molecule has 1 saturated heterocycles. The average molecular weight is 350 g/mol. The van der Waals surface area contributed by atoms with E-state index in [0.717, 1.165) is 42.4 Å². The molecule has 1 aromatic carbocycles. The summed E-state index contributed by atoms with van der Waals surface area (Å²) < 4.78 is 5.59. The molecule has 3 aromatic rings. The lowest BCUT2D eigenvalue weighted by Gasteiger charge is -2.27. The number of carbonyl (C=O) groups is 1. The summed E-state index contributed by atoms with van der Waals surface area (Å²) in [6.07, 6.45) is 5.66. The first-order chi connectivity index (χ1) is 12.6. The summed E-state index contributed by atoms with van der Waals surface area (Å²) in [5, 5.41) is 0.945. The largest absolute Gasteiger partial charge is 0.441 e. The van der Waals surface area contributed by atoms with Crippen LogP contribution >= 0.6 is 0 Å². The Morgan fingerprint density at radius 1 is 1.23 bits per heavy atom. The minimum Gasteiger partial charge on any atom is -0.441 e. The Labute approximate surface area is 152 Å². The maximum atomic E-state index is 12.6. The number of oxazole rings is 1. The van der Waals surface area contributed by atoms with Crippen molar-refractivity contribution in [2.75, 3.05) is 20.1 Å². The zero-order chi connectivity index (χ0) is 18.1. The van der Waals surface area contributed by atoms with E-state index < -0.39 is 0 Å². The number of hydrogen-bond donors (Lipinski definition) is 0. The Morgan fingerprint density at radius 3 is 2.77 bits per heavy atom. The Bertz CT molecular complexity index is 942. The number of likely N-dealkylation sites (tertiary alicyclic amines) is 1. The zero-order valence-corrected chi connectivity index (χ0v) is 15.1. The summed E-state index contributed by atoms with van der Waals surface area (Å²) >= 11 is 0. The van der Waals surface area contributed by atoms with Crippen LogP contribution in [0.3, 0.4) is 0 Å². The van der Waals surface area contributed by atoms with E-state index in [0.29, 0.717) is 23.9 Å². The summed E-state index contributed by atoms with van der Waals surface area (Å²) in [5.41, 5.74) is 1.74. The predicted octanol–water partition coefficient (Wildman–Crippen LogP) is 3.05. The van der Waals surface area contributed by atoms with Crippen LogP contribution in [0.15, 0.2) is 35.0 Å². The summed E-state index contributed by atoms with van der Waals surface area (Å²) in [6.45, 7) is 3.78. The highest BCUT2D eigenvalue weighted by Crippen LogP contribution is 2.24. The lowest BCUT2D eigenvalue weighted by atomic mass is 9.91. The predicted molar refractivity (Wildman–Crippen MR) is 98.7 cm³/mol. The van der Waals surface area contributed by atoms with Gasteiger partial charge in [-0.05, 0) is 39.0 Å². The maximum Gasteiger partial charge on any atom is 0.191 e. The summed E-state index contributed by atoms with van der Waals surface area (Å²) in [4.78, 5) is 28.0. The molecule has 134 valence electrons. The second-order valence-corrected chi connectivity index (χ2v) is 7.02. The molecule has 0 aliphatic carbocycles. The average Bonchev–Trinajstić information content (AvgIpc) is 3.08. The van der Waals surface area contributed by atoms with Crippen molar-refractivity contribution in [1.29, 1.82) is 0 Å². The molecule has 4 rings (SSSR count). The molecule has 6 nitrogen and oxygen atoms in total. The van der Waals surface area contributed by atoms with Gasteiger partial charge in [0.05, 0.1) is 18.1 Å². The number of hydrogen-bond acceptors (Lipinski definition) is 6. The lowest BCUT2D eigenvalue weighted by Crippen LogP contribution is -2.34. The van der Waals surface area contributed by atoms with Crippen molar-refractivity contribution in [3.63, 3.8) is 0 Å². The molecule has 0 unspecified atom stereocenters. The van der Waals surface area contributed by atoms with Gasteiger partial charge in [-0.25, -0.2) is 15.0 Å². The minimum atomic E-state index is 0.133. The molecule has 2 aromatic heterocycles. The van der Waals surface area contributed by atoms with Crippen molar-refractivity contribution in [1.82, 2.24) is 19.9 Å². The summed E-state index contributed by atoms with van der Waals surface area (Å²) in [6, 6.07) is 5.89. The van der Waals surface area contributed by atoms with Crippen LogP contribution in [0.4, 0.5) is 0 Å². The fourth-order valence-electron chi connectivity index (χ4n) is 3.43. The van der Waals surface area contributed by atoms with Crippen molar-refractivity contribution in [3.05, 3.63) is 42.3 Å². The highest BCUT2D eigenvalue weighted by Gasteiger charge is 2.24. The molecule has 0 saturated carbocycles. The quantitative estimate of drug-likeness (QED) is 0.720. The summed E-state index contributed by atoms with van der Waals surface area (Å²) in [5.74, 6) is 2.32. The van der Waals surface area contributed by atoms with Crippen LogP contribution in [0.2, 0.25) is 0 Å². The zero-order valence-electron chi connectivity index (χ0n) is 15.1. The Morgan fingerprint density at radius 2 is 2.04 bits per heavy atom. The monoisotopic (exact) mass is 350 g/mol. The second-order valence-electron chi connectivity index (χ2n) is 7.02. The number of rotatable bonds is 4. The van der Waals surface area contributed by atoms with E-state index in [2.05, 4.69) is 26.9 Å². The number of benzene rings is 1. The third-order valence-corrected chi connectivity index (χ3v) is 5.04. The van der Waals surface area contributed by atoms with Crippen molar-refractivity contribution < 1.29 is 9.21 Å². The minimum absolute atomic E-state index is 0.133. The van der Waals surface area contributed by atoms with Gasteiger partial charge < -0.3 is 9.32 Å². The standard InChI is InChI=1S/C20H22N4O2/c1-13-21-12-19(26-13)15-3-4-16-11-22-20(23-17(16)9-15)10-18(25)14-5-7-24(2)8-6-14/h3-4,9,11-12,14H,5-8,10H2,1-2H3. The van der Waals surface area contributed by atoms with Gasteiger partial charge in [-0.2, -0.15) is 0 Å². The third kappa shape index (κ3) is 3.51. The maximum absolute atomic E-state index is 12.6. The van der Waals surface area contributed by atoms with Crippen molar-refractivity contribution in [3.8, 4) is 11.3 Å². The number of aromatic nitrogens is 3. The first-order valence-corrected chi connectivity index (χ1v) is 8.98. The smallest absolute Gasteiger partial charge is 0.191 e. The van der Waals surface area contributed by atoms with Crippen molar-refractivity contribution in [2.45, 2.75) is 26.2 Å². The van der Waals surface area contributed by atoms with Gasteiger partial charge in [-0.1, -0.05) is 12.1 Å². The molecule has 0 spiro atoms. The van der Waals surface area contributed by atoms with Crippen LogP contribution in [-0.4, -0.2) is 45.8 Å². The molecule has 1 aliphatic heterocycles. The van der Waals surface area contributed by atoms with Crippen LogP contribution in [0.1, 0.15) is 24.6 Å². The molecule has 0 bridgehead atoms. The number of fused-ring (bicyclic) bond motifs is 1. The van der Waals surface area contributed by atoms with E-state index in [1.54, 1.807) is 12.4 Å². The van der Waals surface area contributed by atoms with Crippen LogP contribution in [0.25, 0.3) is 22.2 Å². The molecule has 26 heavy (non-hydrogen) atoms. The molecular weight excluding hydrogens is 328 g/mol. The number of nitrogens with zero attached hydrogens (tertiary/aromatic N) is 4. The van der Waals surface area contributed by atoms with E-state index in [1.165, 1.54) is 0 Å². The Balaban J connectivity index is 1.55. The van der Waals surface area contributed by atoms with Crippen LogP contribution in [-0.2, 0) is 11.2 Å². The van der Waals surface area contributed by atoms with E-state index in [9.17, 15) is 4.79 Å². The highest BCUT2D eigenvalue weighted by atomic mass is 16.4. The molecule has 1 fully saturated rings. The molecule has 0 atom stereocenters. The molecular formula is C20H22N4O2. The van der Waals surface area contributed by atoms with Crippen molar-refractivity contribution >= 4 is 16.7 Å². The SMILES string of the molecule is Cc1ncc(-c2ccc3cnc(CC(=O)C4CCN(C)CC4)nc3c2)o1. The first-order valence-electron chi connectivity index (χ1n) is 8.98. The number of carbonyl (C=O) groups excluding carboxylic acids is 1. The highest BCUT2D eigenvalue weighted by molar-refractivity contribution is 5.85. The van der Waals surface area contributed by atoms with Crippen LogP contribution in [0.5, 0.6) is 0 Å². The summed E-state index contributed by atoms with van der Waals surface area (Å²) in [7, 11) is 2.10. The van der Waals surface area contributed by atoms with Gasteiger partial charge in [0.1, 0.15) is 11.6 Å². The number of aryl methyl sites for hydroxylation is 1. The Hall–Kier alpha value is -2.60. The lowest BCUT2D eigenvalue weighted by molar-refractivity contribution is -0.123. The van der Waals surface area contributed by atoms with E-state index in [4.69, 9.17) is 4.42 Å². The van der Waals surface area contributed by atoms with E-state index >= 15 is 0 Å². The van der Waals surface area contributed by atoms with Gasteiger partial charge in [0.25, 0.3) is 0 Å². The topological polar surface area (TPSA) is 72.1 Å². The van der Waals surface area contributed by atoms with Gasteiger partial charge >= 0.3 is 0 Å². The molecule has 6 heteroatoms. The number of piperidine rings is 1. The van der Waals surface area contributed by atoms with Gasteiger partial charge in [-0.3, -0.25) is 4.79 Å². The number of Topliss-reactive ketones (excluding diaryl/α,β-unsaturated/α-hetero) is 1. The fraction of sp³-hybridized carbons (Fsp3) is 0.400. The van der Waals surface area contributed by atoms with Gasteiger partial charge in [-0.15, -0.1) is 0 Å². The van der Waals surface area contributed by atoms with Crippen LogP contribution in [0, 0.1) is 12.8 Å². The molecule has 0 radical (unpaired) electrons. The molecule has 0 amide bonds. The van der Waals surface area contributed by atoms with Gasteiger partial charge in [0.2, 0.25) is 0 Å². The van der Waals surface area contributed by atoms with E-state index in [1.807, 2.05) is 25.1 Å². The Kier molecular flexibility index (Phi) is 4.51. The fourth-order valence-corrected chi connectivity index (χ4v) is 3.43. The van der Waals surface area contributed by atoms with E-state index in [-0.39, 0.29) is 11.7 Å². The van der Waals surface area contributed by atoms with Crippen LogP contribution < -0.4 is 0 Å². The van der Waals surface area contributed by atoms with Gasteiger partial charge in [0, 0.05) is 30.0 Å².